The lowest BCUT2D eigenvalue weighted by molar-refractivity contribution is -0.145. The third-order valence-corrected chi connectivity index (χ3v) is 10.3. The summed E-state index contributed by atoms with van der Waals surface area (Å²) in [5.74, 6) is -6.02. The summed E-state index contributed by atoms with van der Waals surface area (Å²) in [6, 6.07) is -7.89. The highest BCUT2D eigenvalue weighted by atomic mass is 32.2. The van der Waals surface area contributed by atoms with Crippen LogP contribution in [0.4, 0.5) is 0 Å². The van der Waals surface area contributed by atoms with Gasteiger partial charge in [-0.2, -0.15) is 11.8 Å². The van der Waals surface area contributed by atoms with E-state index >= 15 is 0 Å². The minimum atomic E-state index is -1.38. The maximum absolute atomic E-state index is 14.1. The average Bonchev–Trinajstić information content (AvgIpc) is 3.64. The van der Waals surface area contributed by atoms with Crippen LogP contribution >= 0.6 is 11.8 Å². The Morgan fingerprint density at radius 3 is 1.73 bits per heavy atom. The molecule has 7 unspecified atom stereocenters. The molecular weight excluding hydrogens is 787 g/mol. The smallest absolute Gasteiger partial charge is 0.326 e. The predicted molar refractivity (Wildman–Crippen MR) is 225 cm³/mol. The van der Waals surface area contributed by atoms with Gasteiger partial charge >= 0.3 is 5.97 Å². The van der Waals surface area contributed by atoms with Crippen LogP contribution in [0.1, 0.15) is 99.3 Å². The minimum Gasteiger partial charge on any atom is -0.480 e. The third-order valence-electron chi connectivity index (χ3n) is 9.64. The van der Waals surface area contributed by atoms with Gasteiger partial charge in [0.2, 0.25) is 41.4 Å². The number of carboxylic acids is 1. The van der Waals surface area contributed by atoms with Crippen molar-refractivity contribution in [1.29, 1.82) is 0 Å². The summed E-state index contributed by atoms with van der Waals surface area (Å²) in [7, 11) is 0. The van der Waals surface area contributed by atoms with E-state index in [4.69, 9.17) is 22.9 Å². The van der Waals surface area contributed by atoms with Crippen molar-refractivity contribution in [3.8, 4) is 0 Å². The van der Waals surface area contributed by atoms with Gasteiger partial charge in [0, 0.05) is 19.5 Å². The maximum atomic E-state index is 14.1. The Morgan fingerprint density at radius 1 is 0.729 bits per heavy atom. The van der Waals surface area contributed by atoms with Crippen molar-refractivity contribution < 1.29 is 43.5 Å². The van der Waals surface area contributed by atoms with Crippen LogP contribution in [0.5, 0.6) is 0 Å². The van der Waals surface area contributed by atoms with E-state index in [-0.39, 0.29) is 81.7 Å². The number of rotatable bonds is 27. The molecule has 1 rings (SSSR count). The molecule has 0 bridgehead atoms. The van der Waals surface area contributed by atoms with E-state index in [9.17, 15) is 43.5 Å². The molecule has 1 aliphatic heterocycles. The molecule has 0 saturated carbocycles. The number of carboxylic acid groups (broad SMARTS) is 1. The fraction of sp³-hybridized carbons (Fsp3) is 0.763. The largest absolute Gasteiger partial charge is 0.480 e. The average molecular weight is 856 g/mol. The Hall–Kier alpha value is -4.66. The van der Waals surface area contributed by atoms with E-state index in [0.29, 0.717) is 18.6 Å². The molecule has 1 aliphatic rings. The summed E-state index contributed by atoms with van der Waals surface area (Å²) in [5.41, 5.74) is 22.4. The molecule has 0 aromatic carbocycles. The third kappa shape index (κ3) is 19.3. The van der Waals surface area contributed by atoms with E-state index in [1.165, 1.54) is 16.7 Å². The fourth-order valence-corrected chi connectivity index (χ4v) is 6.85. The number of nitrogens with one attached hydrogen (secondary N) is 5. The molecule has 0 aliphatic carbocycles. The van der Waals surface area contributed by atoms with Gasteiger partial charge in [-0.15, -0.1) is 0 Å². The Kier molecular flexibility index (Phi) is 23.5. The van der Waals surface area contributed by atoms with Gasteiger partial charge in [0.15, 0.2) is 5.96 Å². The van der Waals surface area contributed by atoms with Gasteiger partial charge in [0.05, 0.1) is 6.04 Å². The minimum absolute atomic E-state index is 0.0189. The SMILES string of the molecule is CSCCC(NC(=O)C(N)C(C)C)C(=O)NC(CCC(N)=O)C(=O)NC(CCCN=C(N)N)C(=O)NC(CC(C)C)C(=O)N1CCCC1C(=O)NC(CC(C)C)C(=O)O. The molecule has 20 nitrogen and oxygen atoms in total. The van der Waals surface area contributed by atoms with Gasteiger partial charge in [-0.05, 0) is 81.1 Å². The lowest BCUT2D eigenvalue weighted by Gasteiger charge is -2.31. The molecule has 0 radical (unpaired) electrons. The van der Waals surface area contributed by atoms with Crippen LogP contribution in [0.15, 0.2) is 4.99 Å². The van der Waals surface area contributed by atoms with E-state index < -0.39 is 89.6 Å². The Labute approximate surface area is 351 Å². The first-order chi connectivity index (χ1) is 27.6. The summed E-state index contributed by atoms with van der Waals surface area (Å²) in [5, 5.41) is 22.9. The summed E-state index contributed by atoms with van der Waals surface area (Å²) in [6.07, 6.45) is 2.78. The van der Waals surface area contributed by atoms with E-state index in [1.807, 2.05) is 34.0 Å². The monoisotopic (exact) mass is 856 g/mol. The second-order valence-corrected chi connectivity index (χ2v) is 17.1. The van der Waals surface area contributed by atoms with Crippen LogP contribution in [0.3, 0.4) is 0 Å². The zero-order chi connectivity index (χ0) is 45.0. The summed E-state index contributed by atoms with van der Waals surface area (Å²) in [4.78, 5) is 111. The number of likely N-dealkylation sites (tertiary alicyclic amines) is 1. The van der Waals surface area contributed by atoms with E-state index in [1.54, 1.807) is 13.8 Å². The maximum Gasteiger partial charge on any atom is 0.326 e. The first kappa shape index (κ1) is 52.4. The zero-order valence-electron chi connectivity index (χ0n) is 35.6. The van der Waals surface area contributed by atoms with Crippen molar-refractivity contribution in [3.05, 3.63) is 0 Å². The van der Waals surface area contributed by atoms with Crippen LogP contribution in [-0.2, 0) is 38.4 Å². The fourth-order valence-electron chi connectivity index (χ4n) is 6.38. The predicted octanol–water partition coefficient (Wildman–Crippen LogP) is -1.37. The number of hydrogen-bond acceptors (Lipinski definition) is 11. The molecule has 14 N–H and O–H groups in total. The second-order valence-electron chi connectivity index (χ2n) is 16.1. The Bertz CT molecular complexity index is 1480. The number of primary amides is 1. The highest BCUT2D eigenvalue weighted by Gasteiger charge is 2.40. The summed E-state index contributed by atoms with van der Waals surface area (Å²) >= 11 is 1.44. The van der Waals surface area contributed by atoms with Crippen molar-refractivity contribution in [1.82, 2.24) is 31.5 Å². The Morgan fingerprint density at radius 2 is 1.24 bits per heavy atom. The highest BCUT2D eigenvalue weighted by molar-refractivity contribution is 7.98. The number of aliphatic imine (C=N–C) groups is 1. The van der Waals surface area contributed by atoms with E-state index in [2.05, 4.69) is 31.6 Å². The van der Waals surface area contributed by atoms with Crippen LogP contribution in [0.2, 0.25) is 0 Å². The van der Waals surface area contributed by atoms with Gasteiger partial charge in [-0.25, -0.2) is 4.79 Å². The van der Waals surface area contributed by atoms with Crippen molar-refractivity contribution >= 4 is 65.0 Å². The van der Waals surface area contributed by atoms with Gasteiger partial charge in [0.1, 0.15) is 36.3 Å². The number of hydrogen-bond donors (Lipinski definition) is 10. The quantitative estimate of drug-likeness (QED) is 0.0260. The number of thioether (sulfide) groups is 1. The number of nitrogens with two attached hydrogens (primary N) is 4. The lowest BCUT2D eigenvalue weighted by Crippen LogP contribution is -2.60. The zero-order valence-corrected chi connectivity index (χ0v) is 36.4. The van der Waals surface area contributed by atoms with Crippen LogP contribution < -0.4 is 49.5 Å². The normalized spacial score (nSPS) is 16.9. The van der Waals surface area contributed by atoms with Crippen molar-refractivity contribution in [2.45, 2.75) is 142 Å². The molecule has 59 heavy (non-hydrogen) atoms. The molecule has 7 amide bonds. The number of nitrogens with zero attached hydrogens (tertiary/aromatic N) is 2. The van der Waals surface area contributed by atoms with Crippen LogP contribution in [0, 0.1) is 17.8 Å². The molecule has 0 spiro atoms. The number of amides is 7. The first-order valence-electron chi connectivity index (χ1n) is 20.2. The van der Waals surface area contributed by atoms with Crippen molar-refractivity contribution in [2.24, 2.45) is 45.7 Å². The van der Waals surface area contributed by atoms with Gasteiger partial charge in [-0.3, -0.25) is 38.6 Å². The highest BCUT2D eigenvalue weighted by Crippen LogP contribution is 2.21. The molecule has 1 fully saturated rings. The molecule has 7 atom stereocenters. The summed E-state index contributed by atoms with van der Waals surface area (Å²) in [6.45, 7) is 11.1. The molecule has 0 aromatic rings. The molecule has 1 heterocycles. The van der Waals surface area contributed by atoms with Crippen LogP contribution in [-0.4, -0.2) is 131 Å². The molecule has 336 valence electrons. The second kappa shape index (κ2) is 26.4. The van der Waals surface area contributed by atoms with Gasteiger partial charge < -0.3 is 59.5 Å². The lowest BCUT2D eigenvalue weighted by atomic mass is 10.0. The van der Waals surface area contributed by atoms with Crippen molar-refractivity contribution in [2.75, 3.05) is 25.1 Å². The summed E-state index contributed by atoms with van der Waals surface area (Å²) < 4.78 is 0. The molecule has 1 saturated heterocycles. The molecule has 0 aromatic heterocycles. The van der Waals surface area contributed by atoms with Gasteiger partial charge in [0.25, 0.3) is 0 Å². The molecular formula is C38H69N11O9S. The topological polar surface area (TPSA) is 337 Å². The van der Waals surface area contributed by atoms with Crippen molar-refractivity contribution in [3.63, 3.8) is 0 Å². The van der Waals surface area contributed by atoms with Crippen LogP contribution in [0.25, 0.3) is 0 Å². The Balaban J connectivity index is 3.43. The number of aliphatic carboxylic acids is 1. The number of carbonyl (C=O) groups excluding carboxylic acids is 7. The standard InChI is InChI=1S/C38H69N11O9S/c1-20(2)18-26(36(56)49-16-9-11-28(49)34(54)48-27(37(57)58)19-21(3)4)47-31(51)23(10-8-15-43-38(41)42)44-32(52)24(12-13-29(39)50)45-33(53)25(14-17-59-7)46-35(55)30(40)22(5)6/h20-28,30H,8-19,40H2,1-7H3,(H2,39,50)(H,44,52)(H,45,53)(H,46,55)(H,47,51)(H,48,54)(H,57,58)(H4,41,42,43). The molecule has 21 heteroatoms. The number of guanidine groups is 1. The first-order valence-corrected chi connectivity index (χ1v) is 21.6. The van der Waals surface area contributed by atoms with E-state index in [0.717, 1.165) is 0 Å². The number of carbonyl (C=O) groups is 8. The van der Waals surface area contributed by atoms with Gasteiger partial charge in [-0.1, -0.05) is 41.5 Å².